The second-order valence-corrected chi connectivity index (χ2v) is 3.46. The SMILES string of the molecule is CCCCCn1c(C#N)cc(N)c1OC. The molecule has 0 aliphatic heterocycles. The van der Waals surface area contributed by atoms with Crippen molar-refractivity contribution >= 4 is 5.69 Å². The normalized spacial score (nSPS) is 9.93. The molecule has 0 amide bonds. The Bertz CT molecular complexity index is 363. The van der Waals surface area contributed by atoms with E-state index in [-0.39, 0.29) is 0 Å². The Morgan fingerprint density at radius 2 is 2.27 bits per heavy atom. The van der Waals surface area contributed by atoms with E-state index in [1.54, 1.807) is 13.2 Å². The monoisotopic (exact) mass is 207 g/mol. The zero-order valence-electron chi connectivity index (χ0n) is 9.29. The number of ether oxygens (including phenoxy) is 1. The molecule has 0 aliphatic carbocycles. The second kappa shape index (κ2) is 5.30. The summed E-state index contributed by atoms with van der Waals surface area (Å²) in [7, 11) is 1.57. The number of nitrogens with two attached hydrogens (primary N) is 1. The van der Waals surface area contributed by atoms with E-state index < -0.39 is 0 Å². The van der Waals surface area contributed by atoms with Crippen LogP contribution in [0.25, 0.3) is 0 Å². The summed E-state index contributed by atoms with van der Waals surface area (Å²) in [6, 6.07) is 3.78. The van der Waals surface area contributed by atoms with Crippen LogP contribution in [0.3, 0.4) is 0 Å². The highest BCUT2D eigenvalue weighted by Gasteiger charge is 2.12. The van der Waals surface area contributed by atoms with Crippen molar-refractivity contribution in [1.29, 1.82) is 5.26 Å². The smallest absolute Gasteiger partial charge is 0.218 e. The van der Waals surface area contributed by atoms with Gasteiger partial charge in [-0.25, -0.2) is 0 Å². The van der Waals surface area contributed by atoms with Crippen LogP contribution < -0.4 is 10.5 Å². The zero-order valence-corrected chi connectivity index (χ0v) is 9.29. The van der Waals surface area contributed by atoms with Crippen molar-refractivity contribution < 1.29 is 4.74 Å². The molecule has 0 unspecified atom stereocenters. The Kier molecular flexibility index (Phi) is 4.04. The highest BCUT2D eigenvalue weighted by atomic mass is 16.5. The molecule has 1 rings (SSSR count). The number of nitrogens with zero attached hydrogens (tertiary/aromatic N) is 2. The number of rotatable bonds is 5. The van der Waals surface area contributed by atoms with Gasteiger partial charge in [0.2, 0.25) is 5.88 Å². The molecule has 0 radical (unpaired) electrons. The fraction of sp³-hybridized carbons (Fsp3) is 0.545. The summed E-state index contributed by atoms with van der Waals surface area (Å²) in [6.07, 6.45) is 3.34. The summed E-state index contributed by atoms with van der Waals surface area (Å²) in [5, 5.41) is 8.93. The predicted molar refractivity (Wildman–Crippen MR) is 59.6 cm³/mol. The Labute approximate surface area is 90.3 Å². The lowest BCUT2D eigenvalue weighted by Crippen LogP contribution is -2.04. The first-order chi connectivity index (χ1) is 7.24. The molecule has 0 aromatic carbocycles. The fourth-order valence-electron chi connectivity index (χ4n) is 1.61. The first-order valence-electron chi connectivity index (χ1n) is 5.17. The molecule has 0 atom stereocenters. The lowest BCUT2D eigenvalue weighted by Gasteiger charge is -2.09. The Morgan fingerprint density at radius 1 is 1.53 bits per heavy atom. The molecule has 4 nitrogen and oxygen atoms in total. The van der Waals surface area contributed by atoms with E-state index in [0.717, 1.165) is 25.8 Å². The van der Waals surface area contributed by atoms with Crippen molar-refractivity contribution in [3.8, 4) is 11.9 Å². The Balaban J connectivity index is 2.87. The van der Waals surface area contributed by atoms with Crippen molar-refractivity contribution in [2.45, 2.75) is 32.7 Å². The van der Waals surface area contributed by atoms with Crippen LogP contribution >= 0.6 is 0 Å². The van der Waals surface area contributed by atoms with Gasteiger partial charge in [0, 0.05) is 12.6 Å². The molecule has 0 bridgehead atoms. The van der Waals surface area contributed by atoms with E-state index >= 15 is 0 Å². The maximum atomic E-state index is 8.93. The highest BCUT2D eigenvalue weighted by molar-refractivity contribution is 5.55. The van der Waals surface area contributed by atoms with E-state index in [1.165, 1.54) is 0 Å². The first-order valence-corrected chi connectivity index (χ1v) is 5.17. The van der Waals surface area contributed by atoms with Crippen molar-refractivity contribution in [3.63, 3.8) is 0 Å². The fourth-order valence-corrected chi connectivity index (χ4v) is 1.61. The molecule has 0 aliphatic rings. The van der Waals surface area contributed by atoms with Crippen molar-refractivity contribution in [2.75, 3.05) is 12.8 Å². The van der Waals surface area contributed by atoms with E-state index in [0.29, 0.717) is 17.3 Å². The predicted octanol–water partition coefficient (Wildman–Crippen LogP) is 2.14. The summed E-state index contributed by atoms with van der Waals surface area (Å²) in [5.74, 6) is 0.600. The van der Waals surface area contributed by atoms with Gasteiger partial charge in [0.15, 0.2) is 0 Å². The number of hydrogen-bond acceptors (Lipinski definition) is 3. The summed E-state index contributed by atoms with van der Waals surface area (Å²) in [4.78, 5) is 0. The van der Waals surface area contributed by atoms with Crippen LogP contribution in [-0.4, -0.2) is 11.7 Å². The number of nitrogen functional groups attached to an aromatic ring is 1. The molecule has 15 heavy (non-hydrogen) atoms. The van der Waals surface area contributed by atoms with E-state index in [9.17, 15) is 0 Å². The van der Waals surface area contributed by atoms with Gasteiger partial charge in [-0.15, -0.1) is 0 Å². The largest absolute Gasteiger partial charge is 0.481 e. The average molecular weight is 207 g/mol. The van der Waals surface area contributed by atoms with Crippen molar-refractivity contribution in [1.82, 2.24) is 4.57 Å². The topological polar surface area (TPSA) is 64.0 Å². The van der Waals surface area contributed by atoms with Crippen molar-refractivity contribution in [3.05, 3.63) is 11.8 Å². The van der Waals surface area contributed by atoms with E-state index in [2.05, 4.69) is 13.0 Å². The number of aromatic nitrogens is 1. The molecule has 1 aromatic rings. The number of methoxy groups -OCH3 is 1. The number of nitriles is 1. The third-order valence-electron chi connectivity index (χ3n) is 2.37. The lowest BCUT2D eigenvalue weighted by molar-refractivity contribution is 0.370. The zero-order chi connectivity index (χ0) is 11.3. The summed E-state index contributed by atoms with van der Waals surface area (Å²) in [5.41, 5.74) is 6.84. The summed E-state index contributed by atoms with van der Waals surface area (Å²) < 4.78 is 7.01. The van der Waals surface area contributed by atoms with Crippen LogP contribution in [0.4, 0.5) is 5.69 Å². The first kappa shape index (κ1) is 11.4. The van der Waals surface area contributed by atoms with Crippen molar-refractivity contribution in [2.24, 2.45) is 0 Å². The Morgan fingerprint density at radius 3 is 2.80 bits per heavy atom. The third-order valence-corrected chi connectivity index (χ3v) is 2.37. The van der Waals surface area contributed by atoms with Gasteiger partial charge >= 0.3 is 0 Å². The minimum atomic E-state index is 0.533. The molecule has 82 valence electrons. The van der Waals surface area contributed by atoms with Gasteiger partial charge in [-0.2, -0.15) is 5.26 Å². The van der Waals surface area contributed by atoms with Gasteiger partial charge < -0.3 is 15.0 Å². The third kappa shape index (κ3) is 2.44. The van der Waals surface area contributed by atoms with Gasteiger partial charge in [-0.3, -0.25) is 0 Å². The molecule has 4 heteroatoms. The van der Waals surface area contributed by atoms with Crippen LogP contribution in [-0.2, 0) is 6.54 Å². The quantitative estimate of drug-likeness (QED) is 0.752. The van der Waals surface area contributed by atoms with Gasteiger partial charge in [0.1, 0.15) is 11.8 Å². The molecule has 1 aromatic heterocycles. The van der Waals surface area contributed by atoms with Gasteiger partial charge in [0.25, 0.3) is 0 Å². The molecular formula is C11H17N3O. The van der Waals surface area contributed by atoms with Crippen LogP contribution in [0.1, 0.15) is 31.9 Å². The van der Waals surface area contributed by atoms with Crippen LogP contribution in [0.2, 0.25) is 0 Å². The molecule has 2 N–H and O–H groups in total. The summed E-state index contributed by atoms with van der Waals surface area (Å²) in [6.45, 7) is 2.93. The van der Waals surface area contributed by atoms with E-state index in [1.807, 2.05) is 4.57 Å². The maximum absolute atomic E-state index is 8.93. The van der Waals surface area contributed by atoms with Crippen LogP contribution in [0.5, 0.6) is 5.88 Å². The summed E-state index contributed by atoms with van der Waals surface area (Å²) >= 11 is 0. The highest BCUT2D eigenvalue weighted by Crippen LogP contribution is 2.26. The molecular weight excluding hydrogens is 190 g/mol. The minimum absolute atomic E-state index is 0.533. The number of anilines is 1. The average Bonchev–Trinajstić information content (AvgIpc) is 2.55. The molecule has 0 spiro atoms. The molecule has 1 heterocycles. The van der Waals surface area contributed by atoms with Crippen LogP contribution in [0, 0.1) is 11.3 Å². The molecule has 0 saturated carbocycles. The molecule has 0 fully saturated rings. The van der Waals surface area contributed by atoms with Crippen LogP contribution in [0.15, 0.2) is 6.07 Å². The van der Waals surface area contributed by atoms with Gasteiger partial charge in [0.05, 0.1) is 12.8 Å². The second-order valence-electron chi connectivity index (χ2n) is 3.46. The standard InChI is InChI=1S/C11H17N3O/c1-3-4-5-6-14-9(8-12)7-10(13)11(14)15-2/h7H,3-6,13H2,1-2H3. The lowest BCUT2D eigenvalue weighted by atomic mass is 10.2. The maximum Gasteiger partial charge on any atom is 0.218 e. The van der Waals surface area contributed by atoms with Gasteiger partial charge in [-0.05, 0) is 6.42 Å². The number of unbranched alkanes of at least 4 members (excludes halogenated alkanes) is 2. The minimum Gasteiger partial charge on any atom is -0.481 e. The molecule has 0 saturated heterocycles. The van der Waals surface area contributed by atoms with Gasteiger partial charge in [-0.1, -0.05) is 19.8 Å². The van der Waals surface area contributed by atoms with E-state index in [4.69, 9.17) is 15.7 Å². The Hall–Kier alpha value is -1.63. The number of hydrogen-bond donors (Lipinski definition) is 1.